The summed E-state index contributed by atoms with van der Waals surface area (Å²) in [5.41, 5.74) is -1.84. The second kappa shape index (κ2) is 5.86. The topological polar surface area (TPSA) is 39.2 Å². The predicted octanol–water partition coefficient (Wildman–Crippen LogP) is 3.07. The molecule has 0 bridgehead atoms. The fourth-order valence-electron chi connectivity index (χ4n) is 1.29. The first-order valence-electron chi connectivity index (χ1n) is 4.71. The molecule has 17 heavy (non-hydrogen) atoms. The monoisotopic (exact) mass is 267 g/mol. The summed E-state index contributed by atoms with van der Waals surface area (Å²) in [5.74, 6) is -2.63. The van der Waals surface area contributed by atoms with E-state index in [4.69, 9.17) is 11.6 Å². The lowest BCUT2D eigenvalue weighted by molar-refractivity contribution is 0.0508. The summed E-state index contributed by atoms with van der Waals surface area (Å²) in [5, 5.41) is 0. The Bertz CT molecular complexity index is 426. The van der Waals surface area contributed by atoms with Crippen LogP contribution in [-0.2, 0) is 10.6 Å². The number of carbonyl (C=O) groups is 1. The number of halogens is 4. The fourth-order valence-corrected chi connectivity index (χ4v) is 1.51. The van der Waals surface area contributed by atoms with Crippen molar-refractivity contribution in [1.29, 1.82) is 0 Å². The summed E-state index contributed by atoms with van der Waals surface area (Å²) < 4.78 is 43.4. The Balaban J connectivity index is 3.38. The normalized spacial score (nSPS) is 10.7. The maximum Gasteiger partial charge on any atom is 0.341 e. The van der Waals surface area contributed by atoms with Gasteiger partial charge in [0.1, 0.15) is 5.56 Å². The van der Waals surface area contributed by atoms with E-state index in [1.807, 2.05) is 0 Å². The summed E-state index contributed by atoms with van der Waals surface area (Å²) in [7, 11) is 0. The maximum absolute atomic E-state index is 13.4. The first kappa shape index (κ1) is 13.8. The zero-order valence-corrected chi connectivity index (χ0v) is 9.60. The molecule has 1 heterocycles. The average Bonchev–Trinajstić information content (AvgIpc) is 2.28. The van der Waals surface area contributed by atoms with Gasteiger partial charge in [-0.2, -0.15) is 0 Å². The summed E-state index contributed by atoms with van der Waals surface area (Å²) in [6.07, 6.45) is -2.37. The van der Waals surface area contributed by atoms with Crippen LogP contribution in [0.2, 0.25) is 0 Å². The van der Waals surface area contributed by atoms with Crippen LogP contribution < -0.4 is 0 Å². The van der Waals surface area contributed by atoms with Gasteiger partial charge in [-0.1, -0.05) is 0 Å². The molecule has 94 valence electrons. The summed E-state index contributed by atoms with van der Waals surface area (Å²) in [4.78, 5) is 14.8. The van der Waals surface area contributed by atoms with Gasteiger partial charge in [-0.15, -0.1) is 11.6 Å². The minimum atomic E-state index is -3.05. The molecule has 0 amide bonds. The number of alkyl halides is 3. The minimum absolute atomic E-state index is 0.0422. The number of carbonyl (C=O) groups excluding carboxylic acids is 1. The van der Waals surface area contributed by atoms with Crippen LogP contribution in [0.3, 0.4) is 0 Å². The number of aromatic nitrogens is 1. The number of ether oxygens (including phenoxy) is 1. The number of pyridine rings is 1. The third kappa shape index (κ3) is 2.88. The number of hydrogen-bond acceptors (Lipinski definition) is 3. The van der Waals surface area contributed by atoms with E-state index >= 15 is 0 Å². The fraction of sp³-hybridized carbons (Fsp3) is 0.400. The molecule has 0 saturated heterocycles. The van der Waals surface area contributed by atoms with Crippen molar-refractivity contribution in [2.75, 3.05) is 6.61 Å². The molecule has 0 radical (unpaired) electrons. The quantitative estimate of drug-likeness (QED) is 0.622. The standard InChI is InChI=1S/C10H9ClF3NO2/c1-2-17-10(16)7-5(12)4-15-6(3-11)8(7)9(13)14/h4,9H,2-3H2,1H3. The number of nitrogens with zero attached hydrogens (tertiary/aromatic N) is 1. The van der Waals surface area contributed by atoms with E-state index in [0.29, 0.717) is 6.20 Å². The van der Waals surface area contributed by atoms with E-state index in [0.717, 1.165) is 0 Å². The highest BCUT2D eigenvalue weighted by Gasteiger charge is 2.27. The second-order valence-electron chi connectivity index (χ2n) is 3.00. The van der Waals surface area contributed by atoms with Crippen LogP contribution in [-0.4, -0.2) is 17.6 Å². The van der Waals surface area contributed by atoms with Gasteiger partial charge in [-0.25, -0.2) is 18.0 Å². The van der Waals surface area contributed by atoms with Gasteiger partial charge >= 0.3 is 5.97 Å². The van der Waals surface area contributed by atoms with E-state index < -0.39 is 29.3 Å². The predicted molar refractivity (Wildman–Crippen MR) is 54.7 cm³/mol. The van der Waals surface area contributed by atoms with E-state index in [9.17, 15) is 18.0 Å². The molecule has 0 fully saturated rings. The van der Waals surface area contributed by atoms with Crippen molar-refractivity contribution >= 4 is 17.6 Å². The average molecular weight is 268 g/mol. The van der Waals surface area contributed by atoms with Gasteiger partial charge in [0.15, 0.2) is 5.82 Å². The lowest BCUT2D eigenvalue weighted by atomic mass is 10.1. The molecule has 0 aliphatic carbocycles. The highest BCUT2D eigenvalue weighted by atomic mass is 35.5. The third-order valence-corrected chi connectivity index (χ3v) is 2.23. The molecule has 0 saturated carbocycles. The Hall–Kier alpha value is -1.30. The SMILES string of the molecule is CCOC(=O)c1c(F)cnc(CCl)c1C(F)F. The molecule has 0 atom stereocenters. The van der Waals surface area contributed by atoms with Crippen molar-refractivity contribution in [3.63, 3.8) is 0 Å². The Morgan fingerprint density at radius 3 is 2.71 bits per heavy atom. The first-order valence-corrected chi connectivity index (χ1v) is 5.24. The Labute approximate surface area is 101 Å². The van der Waals surface area contributed by atoms with Gasteiger partial charge in [0, 0.05) is 0 Å². The van der Waals surface area contributed by atoms with Gasteiger partial charge in [0.2, 0.25) is 0 Å². The molecule has 1 aromatic heterocycles. The first-order chi connectivity index (χ1) is 8.02. The Kier molecular flexibility index (Phi) is 4.74. The van der Waals surface area contributed by atoms with E-state index in [1.165, 1.54) is 6.92 Å². The van der Waals surface area contributed by atoms with Gasteiger partial charge in [0.05, 0.1) is 29.9 Å². The Morgan fingerprint density at radius 1 is 1.59 bits per heavy atom. The number of rotatable bonds is 4. The molecule has 0 N–H and O–H groups in total. The molecule has 0 aliphatic rings. The largest absolute Gasteiger partial charge is 0.462 e. The van der Waals surface area contributed by atoms with Gasteiger partial charge in [0.25, 0.3) is 6.43 Å². The lowest BCUT2D eigenvalue weighted by Crippen LogP contribution is -2.14. The van der Waals surface area contributed by atoms with Crippen LogP contribution in [0.1, 0.15) is 35.0 Å². The van der Waals surface area contributed by atoms with Crippen LogP contribution in [0.15, 0.2) is 6.20 Å². The van der Waals surface area contributed by atoms with E-state index in [1.54, 1.807) is 0 Å². The van der Waals surface area contributed by atoms with Crippen LogP contribution >= 0.6 is 11.6 Å². The second-order valence-corrected chi connectivity index (χ2v) is 3.26. The van der Waals surface area contributed by atoms with E-state index in [-0.39, 0.29) is 18.2 Å². The number of esters is 1. The van der Waals surface area contributed by atoms with Crippen molar-refractivity contribution < 1.29 is 22.7 Å². The van der Waals surface area contributed by atoms with Gasteiger partial charge in [-0.3, -0.25) is 4.98 Å². The molecule has 7 heteroatoms. The molecule has 0 unspecified atom stereocenters. The molecule has 0 aliphatic heterocycles. The van der Waals surface area contributed by atoms with E-state index in [2.05, 4.69) is 9.72 Å². The van der Waals surface area contributed by atoms with Gasteiger partial charge in [-0.05, 0) is 6.92 Å². The number of hydrogen-bond donors (Lipinski definition) is 0. The van der Waals surface area contributed by atoms with Crippen LogP contribution in [0, 0.1) is 5.82 Å². The Morgan fingerprint density at radius 2 is 2.24 bits per heavy atom. The minimum Gasteiger partial charge on any atom is -0.462 e. The molecular weight excluding hydrogens is 259 g/mol. The van der Waals surface area contributed by atoms with Crippen LogP contribution in [0.5, 0.6) is 0 Å². The zero-order valence-electron chi connectivity index (χ0n) is 8.84. The highest BCUT2D eigenvalue weighted by molar-refractivity contribution is 6.17. The molecule has 3 nitrogen and oxygen atoms in total. The summed E-state index contributed by atoms with van der Waals surface area (Å²) in [6, 6.07) is 0. The van der Waals surface area contributed by atoms with Crippen molar-refractivity contribution in [2.24, 2.45) is 0 Å². The van der Waals surface area contributed by atoms with Crippen LogP contribution in [0.4, 0.5) is 13.2 Å². The summed E-state index contributed by atoms with van der Waals surface area (Å²) >= 11 is 5.41. The van der Waals surface area contributed by atoms with Crippen molar-refractivity contribution in [3.8, 4) is 0 Å². The molecule has 1 aromatic rings. The van der Waals surface area contributed by atoms with Crippen molar-refractivity contribution in [1.82, 2.24) is 4.98 Å². The lowest BCUT2D eigenvalue weighted by Gasteiger charge is -2.11. The smallest absolute Gasteiger partial charge is 0.341 e. The summed E-state index contributed by atoms with van der Waals surface area (Å²) in [6.45, 7) is 1.45. The zero-order chi connectivity index (χ0) is 13.0. The third-order valence-electron chi connectivity index (χ3n) is 1.98. The molecule has 0 spiro atoms. The van der Waals surface area contributed by atoms with Crippen LogP contribution in [0.25, 0.3) is 0 Å². The highest BCUT2D eigenvalue weighted by Crippen LogP contribution is 2.28. The van der Waals surface area contributed by atoms with Crippen molar-refractivity contribution in [2.45, 2.75) is 19.2 Å². The van der Waals surface area contributed by atoms with Gasteiger partial charge < -0.3 is 4.74 Å². The molecule has 1 rings (SSSR count). The van der Waals surface area contributed by atoms with Crippen molar-refractivity contribution in [3.05, 3.63) is 28.8 Å². The molecular formula is C10H9ClF3NO2. The maximum atomic E-state index is 13.4. The molecule has 0 aromatic carbocycles.